The van der Waals surface area contributed by atoms with Gasteiger partial charge in [0.1, 0.15) is 0 Å². The van der Waals surface area contributed by atoms with Crippen molar-refractivity contribution in [3.05, 3.63) is 130 Å². The monoisotopic (exact) mass is 625 g/mol. The lowest BCUT2D eigenvalue weighted by molar-refractivity contribution is 0.242. The van der Waals surface area contributed by atoms with E-state index in [-0.39, 0.29) is 12.6 Å². The molecule has 1 amide bonds. The Balaban J connectivity index is 1.26. The van der Waals surface area contributed by atoms with Gasteiger partial charge in [-0.25, -0.2) is 9.78 Å². The predicted molar refractivity (Wildman–Crippen MR) is 179 cm³/mol. The highest BCUT2D eigenvalue weighted by Gasteiger charge is 2.24. The van der Waals surface area contributed by atoms with Gasteiger partial charge in [0.15, 0.2) is 0 Å². The average Bonchev–Trinajstić information content (AvgIpc) is 3.31. The zero-order chi connectivity index (χ0) is 30.5. The molecule has 4 nitrogen and oxygen atoms in total. The van der Waals surface area contributed by atoms with Gasteiger partial charge in [-0.2, -0.15) is 4.39 Å². The fourth-order valence-corrected chi connectivity index (χ4v) is 6.62. The third kappa shape index (κ3) is 7.06. The number of halogens is 3. The Morgan fingerprint density at radius 3 is 2.61 bits per heavy atom. The molecule has 0 fully saturated rings. The minimum absolute atomic E-state index is 0.202. The van der Waals surface area contributed by atoms with Crippen LogP contribution in [-0.4, -0.2) is 15.6 Å². The fraction of sp³-hybridized carbons (Fsp3) is 0.243. The van der Waals surface area contributed by atoms with Gasteiger partial charge < -0.3 is 5.32 Å². The number of aryl methyl sites for hydroxylation is 1. The van der Waals surface area contributed by atoms with E-state index in [1.807, 2.05) is 53.1 Å². The van der Waals surface area contributed by atoms with Crippen molar-refractivity contribution >= 4 is 46.2 Å². The van der Waals surface area contributed by atoms with Gasteiger partial charge in [-0.15, -0.1) is 0 Å². The lowest BCUT2D eigenvalue weighted by atomic mass is 9.86. The molecule has 0 aliphatic heterocycles. The number of pyridine rings is 1. The second kappa shape index (κ2) is 13.8. The van der Waals surface area contributed by atoms with Gasteiger partial charge in [0, 0.05) is 33.9 Å². The largest absolute Gasteiger partial charge is 0.333 e. The van der Waals surface area contributed by atoms with Crippen LogP contribution in [-0.2, 0) is 19.4 Å². The zero-order valence-electron chi connectivity index (χ0n) is 24.4. The van der Waals surface area contributed by atoms with Crippen LogP contribution in [0.15, 0.2) is 91.1 Å². The lowest BCUT2D eigenvalue weighted by Gasteiger charge is -2.21. The first kappa shape index (κ1) is 30.1. The van der Waals surface area contributed by atoms with E-state index in [2.05, 4.69) is 40.7 Å². The van der Waals surface area contributed by atoms with E-state index in [0.29, 0.717) is 16.5 Å². The molecule has 5 aromatic rings. The van der Waals surface area contributed by atoms with E-state index >= 15 is 0 Å². The van der Waals surface area contributed by atoms with E-state index < -0.39 is 5.95 Å². The molecular weight excluding hydrogens is 592 g/mol. The number of aromatic nitrogens is 2. The molecule has 1 N–H and O–H groups in total. The first-order valence-corrected chi connectivity index (χ1v) is 15.9. The van der Waals surface area contributed by atoms with Crippen molar-refractivity contribution in [1.29, 1.82) is 0 Å². The van der Waals surface area contributed by atoms with Gasteiger partial charge in [-0.3, -0.25) is 4.57 Å². The van der Waals surface area contributed by atoms with Crippen LogP contribution in [0.4, 0.5) is 9.18 Å². The summed E-state index contributed by atoms with van der Waals surface area (Å²) in [6.07, 6.45) is 12.9. The number of carbonyl (C=O) groups excluding carboxylic acids is 1. The smallest absolute Gasteiger partial charge is 0.326 e. The van der Waals surface area contributed by atoms with Crippen molar-refractivity contribution in [1.82, 2.24) is 14.9 Å². The second-order valence-electron chi connectivity index (χ2n) is 11.5. The highest BCUT2D eigenvalue weighted by Crippen LogP contribution is 2.36. The number of nitrogens with zero attached hydrogens (tertiary/aromatic N) is 2. The molecule has 1 unspecified atom stereocenters. The normalized spacial score (nSPS) is 15.2. The maximum atomic E-state index is 13.8. The first-order chi connectivity index (χ1) is 21.4. The molecule has 2 aromatic heterocycles. The van der Waals surface area contributed by atoms with Crippen molar-refractivity contribution in [2.24, 2.45) is 5.92 Å². The number of fused-ring (bicyclic) bond motifs is 3. The van der Waals surface area contributed by atoms with Crippen LogP contribution in [0.1, 0.15) is 54.5 Å². The Morgan fingerprint density at radius 1 is 0.955 bits per heavy atom. The predicted octanol–water partition coefficient (Wildman–Crippen LogP) is 10.3. The van der Waals surface area contributed by atoms with Crippen LogP contribution in [0.25, 0.3) is 28.1 Å². The molecule has 0 spiro atoms. The maximum Gasteiger partial charge on any atom is 0.326 e. The number of hydrogen-bond acceptors (Lipinski definition) is 2. The van der Waals surface area contributed by atoms with Crippen LogP contribution in [0.3, 0.4) is 0 Å². The SMILES string of the molecule is O=C(NCc1ccnc(F)c1)n1c2c(c3cc(-c4cccc(Cl)c4)ccc31)CCCC(CC/C=C/c1ccc(Cl)cc1)CC2. The Kier molecular flexibility index (Phi) is 9.44. The Bertz CT molecular complexity index is 1810. The van der Waals surface area contributed by atoms with Gasteiger partial charge in [0.05, 0.1) is 5.52 Å². The topological polar surface area (TPSA) is 46.9 Å². The van der Waals surface area contributed by atoms with Crippen molar-refractivity contribution in [2.75, 3.05) is 0 Å². The summed E-state index contributed by atoms with van der Waals surface area (Å²) in [6.45, 7) is 0.218. The van der Waals surface area contributed by atoms with E-state index in [1.54, 1.807) is 6.07 Å². The van der Waals surface area contributed by atoms with Gasteiger partial charge in [0.25, 0.3) is 0 Å². The minimum Gasteiger partial charge on any atom is -0.333 e. The van der Waals surface area contributed by atoms with Crippen molar-refractivity contribution in [2.45, 2.75) is 51.5 Å². The Labute approximate surface area is 267 Å². The number of rotatable bonds is 7. The van der Waals surface area contributed by atoms with Crippen LogP contribution >= 0.6 is 23.2 Å². The van der Waals surface area contributed by atoms with Crippen LogP contribution < -0.4 is 5.32 Å². The number of nitrogens with one attached hydrogen (secondary N) is 1. The third-order valence-electron chi connectivity index (χ3n) is 8.53. The first-order valence-electron chi connectivity index (χ1n) is 15.2. The fourth-order valence-electron chi connectivity index (χ4n) is 6.31. The average molecular weight is 627 g/mol. The minimum atomic E-state index is -0.559. The zero-order valence-corrected chi connectivity index (χ0v) is 25.9. The quantitative estimate of drug-likeness (QED) is 0.183. The molecule has 0 saturated heterocycles. The van der Waals surface area contributed by atoms with Gasteiger partial charge in [-0.1, -0.05) is 72.1 Å². The molecular formula is C37H34Cl2FN3O. The van der Waals surface area contributed by atoms with Crippen LogP contribution in [0.2, 0.25) is 10.0 Å². The molecule has 1 aliphatic rings. The van der Waals surface area contributed by atoms with E-state index in [9.17, 15) is 9.18 Å². The number of allylic oxidation sites excluding steroid dienone is 1. The summed E-state index contributed by atoms with van der Waals surface area (Å²) in [7, 11) is 0. The molecule has 0 bridgehead atoms. The van der Waals surface area contributed by atoms with Crippen molar-refractivity contribution < 1.29 is 9.18 Å². The highest BCUT2D eigenvalue weighted by atomic mass is 35.5. The molecule has 3 aromatic carbocycles. The third-order valence-corrected chi connectivity index (χ3v) is 9.01. The summed E-state index contributed by atoms with van der Waals surface area (Å²) < 4.78 is 15.5. The van der Waals surface area contributed by atoms with Crippen LogP contribution in [0, 0.1) is 11.9 Å². The number of carbonyl (C=O) groups is 1. The standard InChI is InChI=1S/C37H34Cl2FN3O/c38-30-15-11-26(12-16-30)6-2-1-5-25-7-3-10-32-33-23-29(28-8-4-9-31(39)22-28)14-18-35(33)43(34(32)17-13-25)37(44)42-24-27-19-20-41-36(40)21-27/h2,4,6,8-9,11-12,14-16,18-23,25H,1,3,5,7,10,13,17,24H2,(H,42,44)/b6-2+. The number of hydrogen-bond donors (Lipinski definition) is 1. The molecule has 7 heteroatoms. The highest BCUT2D eigenvalue weighted by molar-refractivity contribution is 6.31. The molecule has 1 atom stereocenters. The summed E-state index contributed by atoms with van der Waals surface area (Å²) in [5.74, 6) is 0.0187. The Hall–Kier alpha value is -3.93. The van der Waals surface area contributed by atoms with Gasteiger partial charge in [-0.05, 0) is 121 Å². The molecule has 1 aliphatic carbocycles. The molecule has 0 radical (unpaired) electrons. The molecule has 224 valence electrons. The summed E-state index contributed by atoms with van der Waals surface area (Å²) in [5.41, 5.74) is 7.14. The molecule has 6 rings (SSSR count). The van der Waals surface area contributed by atoms with Gasteiger partial charge >= 0.3 is 6.03 Å². The van der Waals surface area contributed by atoms with Crippen molar-refractivity contribution in [3.63, 3.8) is 0 Å². The second-order valence-corrected chi connectivity index (χ2v) is 12.3. The number of benzene rings is 3. The van der Waals surface area contributed by atoms with E-state index in [1.165, 1.54) is 17.8 Å². The molecule has 44 heavy (non-hydrogen) atoms. The summed E-state index contributed by atoms with van der Waals surface area (Å²) in [5, 5.41) is 5.57. The van der Waals surface area contributed by atoms with Crippen LogP contribution in [0.5, 0.6) is 0 Å². The summed E-state index contributed by atoms with van der Waals surface area (Å²) in [4.78, 5) is 17.4. The molecule has 2 heterocycles. The van der Waals surface area contributed by atoms with E-state index in [4.69, 9.17) is 23.2 Å². The molecule has 0 saturated carbocycles. The lowest BCUT2D eigenvalue weighted by Crippen LogP contribution is -2.29. The number of amides is 1. The van der Waals surface area contributed by atoms with Crippen molar-refractivity contribution in [3.8, 4) is 11.1 Å². The Morgan fingerprint density at radius 2 is 1.80 bits per heavy atom. The summed E-state index contributed by atoms with van der Waals surface area (Å²) in [6, 6.07) is 24.9. The summed E-state index contributed by atoms with van der Waals surface area (Å²) >= 11 is 12.3. The van der Waals surface area contributed by atoms with E-state index in [0.717, 1.165) is 83.3 Å². The maximum absolute atomic E-state index is 13.8. The van der Waals surface area contributed by atoms with Gasteiger partial charge in [0.2, 0.25) is 5.95 Å².